The lowest BCUT2D eigenvalue weighted by Crippen LogP contribution is -2.20. The molecule has 0 aliphatic heterocycles. The summed E-state index contributed by atoms with van der Waals surface area (Å²) >= 11 is 0. The molecule has 0 aromatic heterocycles. The van der Waals surface area contributed by atoms with Gasteiger partial charge in [-0.15, -0.1) is 0 Å². The highest BCUT2D eigenvalue weighted by Gasteiger charge is 2.12. The van der Waals surface area contributed by atoms with E-state index in [0.29, 0.717) is 6.42 Å². The number of phenols is 2. The second-order valence-electron chi connectivity index (χ2n) is 5.37. The van der Waals surface area contributed by atoms with E-state index < -0.39 is 5.91 Å². The quantitative estimate of drug-likeness (QED) is 0.460. The Morgan fingerprint density at radius 2 is 1.83 bits per heavy atom. The lowest BCUT2D eigenvalue weighted by atomic mass is 10.00. The van der Waals surface area contributed by atoms with Crippen molar-refractivity contribution in [3.8, 4) is 11.5 Å². The van der Waals surface area contributed by atoms with Gasteiger partial charge in [-0.25, -0.2) is 5.43 Å². The standard InChI is InChI=1S/C18H20N2O3/c1-4-16(14-9-11(2)5-6-12(14)3)19-20-18(23)15-10-13(21)7-8-17(15)22/h5-10,21-22H,4H2,1-3H3,(H,20,23)/b19-16-. The molecule has 0 unspecified atom stereocenters. The molecule has 2 aromatic rings. The van der Waals surface area contributed by atoms with E-state index in [4.69, 9.17) is 0 Å². The van der Waals surface area contributed by atoms with Crippen LogP contribution in [-0.4, -0.2) is 21.8 Å². The molecule has 0 fully saturated rings. The molecule has 0 saturated carbocycles. The maximum Gasteiger partial charge on any atom is 0.275 e. The summed E-state index contributed by atoms with van der Waals surface area (Å²) in [6.45, 7) is 5.95. The zero-order chi connectivity index (χ0) is 17.0. The highest BCUT2D eigenvalue weighted by atomic mass is 16.3. The molecule has 0 aliphatic carbocycles. The number of hydrogen-bond acceptors (Lipinski definition) is 4. The number of nitrogens with zero attached hydrogens (tertiary/aromatic N) is 1. The number of carbonyl (C=O) groups excluding carboxylic acids is 1. The number of nitrogens with one attached hydrogen (secondary N) is 1. The maximum absolute atomic E-state index is 12.1. The minimum atomic E-state index is -0.574. The number of aryl methyl sites for hydroxylation is 2. The molecule has 5 heteroatoms. The summed E-state index contributed by atoms with van der Waals surface area (Å²) in [5.41, 5.74) is 6.34. The largest absolute Gasteiger partial charge is 0.508 e. The molecule has 1 amide bonds. The van der Waals surface area contributed by atoms with Gasteiger partial charge in [0.05, 0.1) is 11.3 Å². The molecule has 2 rings (SSSR count). The molecule has 0 atom stereocenters. The number of amides is 1. The van der Waals surface area contributed by atoms with Crippen molar-refractivity contribution in [2.75, 3.05) is 0 Å². The number of aromatic hydroxyl groups is 2. The fraction of sp³-hybridized carbons (Fsp3) is 0.222. The van der Waals surface area contributed by atoms with E-state index in [1.165, 1.54) is 18.2 Å². The predicted molar refractivity (Wildman–Crippen MR) is 90.0 cm³/mol. The number of rotatable bonds is 4. The Kier molecular flexibility index (Phi) is 5.01. The van der Waals surface area contributed by atoms with Gasteiger partial charge in [0, 0.05) is 5.56 Å². The van der Waals surface area contributed by atoms with Gasteiger partial charge in [0.2, 0.25) is 0 Å². The number of hydrazone groups is 1. The highest BCUT2D eigenvalue weighted by Crippen LogP contribution is 2.22. The lowest BCUT2D eigenvalue weighted by Gasteiger charge is -2.10. The first-order chi connectivity index (χ1) is 10.9. The first-order valence-electron chi connectivity index (χ1n) is 7.39. The van der Waals surface area contributed by atoms with Crippen molar-refractivity contribution >= 4 is 11.6 Å². The molecule has 0 heterocycles. The Morgan fingerprint density at radius 1 is 1.09 bits per heavy atom. The normalized spacial score (nSPS) is 11.3. The topological polar surface area (TPSA) is 81.9 Å². The van der Waals surface area contributed by atoms with Gasteiger partial charge in [-0.1, -0.05) is 24.6 Å². The van der Waals surface area contributed by atoms with Crippen LogP contribution in [0.2, 0.25) is 0 Å². The van der Waals surface area contributed by atoms with Crippen LogP contribution in [0.3, 0.4) is 0 Å². The van der Waals surface area contributed by atoms with E-state index in [9.17, 15) is 15.0 Å². The van der Waals surface area contributed by atoms with Gasteiger partial charge in [0.15, 0.2) is 0 Å². The Bertz CT molecular complexity index is 767. The SMILES string of the molecule is CC/C(=N/NC(=O)c1cc(O)ccc1O)c1cc(C)ccc1C. The molecule has 23 heavy (non-hydrogen) atoms. The molecular weight excluding hydrogens is 292 g/mol. The van der Waals surface area contributed by atoms with Gasteiger partial charge in [-0.3, -0.25) is 4.79 Å². The van der Waals surface area contributed by atoms with Crippen molar-refractivity contribution in [1.29, 1.82) is 0 Å². The molecule has 0 bridgehead atoms. The predicted octanol–water partition coefficient (Wildman–Crippen LogP) is 3.26. The van der Waals surface area contributed by atoms with E-state index in [1.807, 2.05) is 39.0 Å². The van der Waals surface area contributed by atoms with Gasteiger partial charge >= 0.3 is 0 Å². The Labute approximate surface area is 135 Å². The number of carbonyl (C=O) groups is 1. The monoisotopic (exact) mass is 312 g/mol. The fourth-order valence-corrected chi connectivity index (χ4v) is 2.26. The van der Waals surface area contributed by atoms with Crippen LogP contribution in [0, 0.1) is 13.8 Å². The van der Waals surface area contributed by atoms with Crippen LogP contribution in [-0.2, 0) is 0 Å². The van der Waals surface area contributed by atoms with E-state index in [2.05, 4.69) is 10.5 Å². The van der Waals surface area contributed by atoms with Crippen LogP contribution >= 0.6 is 0 Å². The van der Waals surface area contributed by atoms with Crippen molar-refractivity contribution < 1.29 is 15.0 Å². The second kappa shape index (κ2) is 6.96. The minimum absolute atomic E-state index is 0.0230. The van der Waals surface area contributed by atoms with Crippen LogP contribution in [0.25, 0.3) is 0 Å². The molecule has 0 spiro atoms. The zero-order valence-corrected chi connectivity index (χ0v) is 13.4. The first kappa shape index (κ1) is 16.5. The summed E-state index contributed by atoms with van der Waals surface area (Å²) < 4.78 is 0. The number of phenolic OH excluding ortho intramolecular Hbond substituents is 2. The first-order valence-corrected chi connectivity index (χ1v) is 7.39. The highest BCUT2D eigenvalue weighted by molar-refractivity contribution is 6.03. The third kappa shape index (κ3) is 3.88. The van der Waals surface area contributed by atoms with Crippen LogP contribution in [0.1, 0.15) is 40.4 Å². The van der Waals surface area contributed by atoms with E-state index in [-0.39, 0.29) is 17.1 Å². The third-order valence-corrected chi connectivity index (χ3v) is 3.56. The summed E-state index contributed by atoms with van der Waals surface area (Å²) in [5, 5.41) is 23.3. The smallest absolute Gasteiger partial charge is 0.275 e. The van der Waals surface area contributed by atoms with Crippen molar-refractivity contribution in [2.24, 2.45) is 5.10 Å². The number of benzene rings is 2. The Morgan fingerprint density at radius 3 is 2.52 bits per heavy atom. The average Bonchev–Trinajstić information content (AvgIpc) is 2.53. The molecule has 5 nitrogen and oxygen atoms in total. The minimum Gasteiger partial charge on any atom is -0.508 e. The summed E-state index contributed by atoms with van der Waals surface area (Å²) in [7, 11) is 0. The van der Waals surface area contributed by atoms with Crippen LogP contribution in [0.5, 0.6) is 11.5 Å². The molecule has 120 valence electrons. The van der Waals surface area contributed by atoms with Gasteiger partial charge in [-0.2, -0.15) is 5.10 Å². The third-order valence-electron chi connectivity index (χ3n) is 3.56. The van der Waals surface area contributed by atoms with Gasteiger partial charge < -0.3 is 10.2 Å². The Balaban J connectivity index is 2.27. The van der Waals surface area contributed by atoms with Gasteiger partial charge in [0.1, 0.15) is 11.5 Å². The summed E-state index contributed by atoms with van der Waals surface area (Å²) in [6.07, 6.45) is 0.649. The van der Waals surface area contributed by atoms with E-state index in [1.54, 1.807) is 0 Å². The molecule has 0 radical (unpaired) electrons. The average molecular weight is 312 g/mol. The molecule has 0 saturated heterocycles. The van der Waals surface area contributed by atoms with Crippen LogP contribution < -0.4 is 5.43 Å². The second-order valence-corrected chi connectivity index (χ2v) is 5.37. The van der Waals surface area contributed by atoms with Gasteiger partial charge in [-0.05, 0) is 50.1 Å². The van der Waals surface area contributed by atoms with E-state index >= 15 is 0 Å². The molecular formula is C18H20N2O3. The van der Waals surface area contributed by atoms with Crippen molar-refractivity contribution in [3.63, 3.8) is 0 Å². The van der Waals surface area contributed by atoms with Crippen LogP contribution in [0.15, 0.2) is 41.5 Å². The zero-order valence-electron chi connectivity index (χ0n) is 13.4. The van der Waals surface area contributed by atoms with Crippen molar-refractivity contribution in [3.05, 3.63) is 58.7 Å². The lowest BCUT2D eigenvalue weighted by molar-refractivity contribution is 0.0951. The molecule has 3 N–H and O–H groups in total. The Hall–Kier alpha value is -2.82. The van der Waals surface area contributed by atoms with Crippen molar-refractivity contribution in [2.45, 2.75) is 27.2 Å². The van der Waals surface area contributed by atoms with Crippen molar-refractivity contribution in [1.82, 2.24) is 5.43 Å². The van der Waals surface area contributed by atoms with E-state index in [0.717, 1.165) is 22.4 Å². The fourth-order valence-electron chi connectivity index (χ4n) is 2.26. The van der Waals surface area contributed by atoms with Gasteiger partial charge in [0.25, 0.3) is 5.91 Å². The molecule has 0 aliphatic rings. The summed E-state index contributed by atoms with van der Waals surface area (Å²) in [4.78, 5) is 12.1. The summed E-state index contributed by atoms with van der Waals surface area (Å²) in [5.74, 6) is -0.878. The molecule has 2 aromatic carbocycles. The van der Waals surface area contributed by atoms with Crippen LogP contribution in [0.4, 0.5) is 0 Å². The summed E-state index contributed by atoms with van der Waals surface area (Å²) in [6, 6.07) is 9.83. The number of hydrogen-bond donors (Lipinski definition) is 3. The maximum atomic E-state index is 12.1.